The largest absolute Gasteiger partial charge is 0.242 e. The summed E-state index contributed by atoms with van der Waals surface area (Å²) in [6.07, 6.45) is 0. The lowest BCUT2D eigenvalue weighted by Crippen LogP contribution is -2.11. The predicted octanol–water partition coefficient (Wildman–Crippen LogP) is 2.48. The van der Waals surface area contributed by atoms with Crippen LogP contribution in [0.5, 0.6) is 0 Å². The molecule has 0 atom stereocenters. The lowest BCUT2D eigenvalue weighted by atomic mass is 10.3. The molecule has 0 aromatic heterocycles. The molecule has 0 nitrogen and oxygen atoms in total. The van der Waals surface area contributed by atoms with Crippen molar-refractivity contribution in [1.82, 2.24) is 0 Å². The Hall–Kier alpha value is 0.797. The Morgan fingerprint density at radius 1 is 1.14 bits per heavy atom. The molecule has 0 spiro atoms. The van der Waals surface area contributed by atoms with Gasteiger partial charge in [-0.05, 0) is 5.04 Å². The normalized spacial score (nSPS) is 12.9. The highest BCUT2D eigenvalue weighted by atomic mass is 35.7. The van der Waals surface area contributed by atoms with Crippen LogP contribution in [0.25, 0.3) is 0 Å². The second-order valence-electron chi connectivity index (χ2n) is 2.67. The maximum Gasteiger partial charge on any atom is 0.242 e. The van der Waals surface area contributed by atoms with Crippen LogP contribution in [0.2, 0.25) is 5.04 Å². The molecule has 0 fully saturated rings. The van der Waals surface area contributed by atoms with Crippen LogP contribution in [-0.4, -0.2) is 7.42 Å². The zero-order chi connectivity index (χ0) is 6.08. The first-order valence-corrected chi connectivity index (χ1v) is 6.29. The van der Waals surface area contributed by atoms with Crippen molar-refractivity contribution in [3.05, 3.63) is 0 Å². The van der Waals surface area contributed by atoms with Crippen LogP contribution in [0, 0.1) is 0 Å². The maximum absolute atomic E-state index is 5.66. The van der Waals surface area contributed by atoms with Crippen molar-refractivity contribution >= 4 is 29.6 Å². The van der Waals surface area contributed by atoms with Crippen LogP contribution in [0.3, 0.4) is 0 Å². The van der Waals surface area contributed by atoms with E-state index in [9.17, 15) is 0 Å². The van der Waals surface area contributed by atoms with E-state index in [0.717, 1.165) is 0 Å². The molecule has 3 heteroatoms. The summed E-state index contributed by atoms with van der Waals surface area (Å²) in [5, 5.41) is 0.170. The van der Waals surface area contributed by atoms with Gasteiger partial charge < -0.3 is 0 Å². The fraction of sp³-hybridized carbons (Fsp3) is 1.00. The second kappa shape index (κ2) is 2.38. The van der Waals surface area contributed by atoms with Gasteiger partial charge in [-0.2, -0.15) is 0 Å². The van der Waals surface area contributed by atoms with Gasteiger partial charge in [0.2, 0.25) is 7.42 Å². The molecule has 0 unspecified atom stereocenters. The molecule has 0 rings (SSSR count). The minimum Gasteiger partial charge on any atom is -0.150 e. The minimum absolute atomic E-state index is 0.170. The summed E-state index contributed by atoms with van der Waals surface area (Å²) in [7, 11) is -1.41. The Bertz CT molecular complexity index is 55.2. The molecule has 0 amide bonds. The van der Waals surface area contributed by atoms with E-state index in [-0.39, 0.29) is 5.04 Å². The predicted molar refractivity (Wildman–Crippen MR) is 38.6 cm³/mol. The van der Waals surface area contributed by atoms with E-state index < -0.39 is 7.42 Å². The summed E-state index contributed by atoms with van der Waals surface area (Å²) in [4.78, 5) is 0. The molecule has 0 aliphatic carbocycles. The number of hydrogen-bond acceptors (Lipinski definition) is 0. The monoisotopic (exact) mass is 156 g/mol. The first kappa shape index (κ1) is 7.80. The van der Waals surface area contributed by atoms with Crippen LogP contribution >= 0.6 is 22.2 Å². The van der Waals surface area contributed by atoms with E-state index in [1.807, 2.05) is 0 Å². The molecule has 0 aromatic carbocycles. The van der Waals surface area contributed by atoms with Gasteiger partial charge in [-0.15, -0.1) is 22.2 Å². The fourth-order valence-corrected chi connectivity index (χ4v) is 0. The third-order valence-electron chi connectivity index (χ3n) is 0.655. The van der Waals surface area contributed by atoms with Crippen molar-refractivity contribution in [1.29, 1.82) is 0 Å². The topological polar surface area (TPSA) is 0 Å². The SMILES string of the molecule is CC(C)(C)[SiH](Cl)Cl. The molecular weight excluding hydrogens is 147 g/mol. The molecule has 0 saturated carbocycles. The van der Waals surface area contributed by atoms with Gasteiger partial charge >= 0.3 is 0 Å². The summed E-state index contributed by atoms with van der Waals surface area (Å²) < 4.78 is 0. The third-order valence-corrected chi connectivity index (χ3v) is 5.89. The van der Waals surface area contributed by atoms with E-state index >= 15 is 0 Å². The number of halogens is 2. The standard InChI is InChI=1S/C4H10Cl2Si/c1-4(2,3)7(5)6/h7H,1-3H3. The molecule has 0 aliphatic rings. The summed E-state index contributed by atoms with van der Waals surface area (Å²) in [6.45, 7) is 6.18. The van der Waals surface area contributed by atoms with Crippen molar-refractivity contribution < 1.29 is 0 Å². The van der Waals surface area contributed by atoms with Crippen LogP contribution < -0.4 is 0 Å². The molecule has 0 N–H and O–H groups in total. The lowest BCUT2D eigenvalue weighted by molar-refractivity contribution is 0.759. The van der Waals surface area contributed by atoms with E-state index in [4.69, 9.17) is 22.2 Å². The van der Waals surface area contributed by atoms with Gasteiger partial charge in [0, 0.05) is 0 Å². The van der Waals surface area contributed by atoms with Crippen molar-refractivity contribution in [2.45, 2.75) is 25.8 Å². The number of rotatable bonds is 0. The van der Waals surface area contributed by atoms with E-state index in [1.54, 1.807) is 0 Å². The summed E-state index contributed by atoms with van der Waals surface area (Å²) in [5.74, 6) is 0. The highest BCUT2D eigenvalue weighted by Crippen LogP contribution is 2.30. The maximum atomic E-state index is 5.66. The highest BCUT2D eigenvalue weighted by molar-refractivity contribution is 7.34. The summed E-state index contributed by atoms with van der Waals surface area (Å²) in [6, 6.07) is 0. The van der Waals surface area contributed by atoms with Gasteiger partial charge in [0.05, 0.1) is 0 Å². The molecule has 0 aliphatic heterocycles. The Kier molecular flexibility index (Phi) is 2.65. The van der Waals surface area contributed by atoms with Gasteiger partial charge in [0.1, 0.15) is 0 Å². The van der Waals surface area contributed by atoms with E-state index in [2.05, 4.69) is 20.8 Å². The Balaban J connectivity index is 3.54. The third kappa shape index (κ3) is 3.39. The Morgan fingerprint density at radius 3 is 1.29 bits per heavy atom. The minimum atomic E-state index is -1.41. The molecule has 44 valence electrons. The first-order chi connectivity index (χ1) is 2.94. The number of hydrogen-bond donors (Lipinski definition) is 0. The lowest BCUT2D eigenvalue weighted by Gasteiger charge is -2.16. The molecule has 0 bridgehead atoms. The smallest absolute Gasteiger partial charge is 0.150 e. The van der Waals surface area contributed by atoms with Gasteiger partial charge in [-0.3, -0.25) is 0 Å². The average Bonchev–Trinajstić information content (AvgIpc) is 1.31. The van der Waals surface area contributed by atoms with Gasteiger partial charge in [-0.1, -0.05) is 20.8 Å². The van der Waals surface area contributed by atoms with Crippen LogP contribution in [0.4, 0.5) is 0 Å². The van der Waals surface area contributed by atoms with Crippen molar-refractivity contribution in [2.75, 3.05) is 0 Å². The van der Waals surface area contributed by atoms with Crippen LogP contribution in [-0.2, 0) is 0 Å². The molecular formula is C4H10Cl2Si. The molecule has 0 aromatic rings. The van der Waals surface area contributed by atoms with Gasteiger partial charge in [-0.25, -0.2) is 0 Å². The quantitative estimate of drug-likeness (QED) is 0.374. The molecule has 0 heterocycles. The Labute approximate surface area is 55.8 Å². The van der Waals surface area contributed by atoms with Crippen molar-refractivity contribution in [3.8, 4) is 0 Å². The van der Waals surface area contributed by atoms with Gasteiger partial charge in [0.15, 0.2) is 0 Å². The average molecular weight is 157 g/mol. The van der Waals surface area contributed by atoms with E-state index in [1.165, 1.54) is 0 Å². The van der Waals surface area contributed by atoms with Crippen molar-refractivity contribution in [2.24, 2.45) is 0 Å². The van der Waals surface area contributed by atoms with Gasteiger partial charge in [0.25, 0.3) is 0 Å². The zero-order valence-electron chi connectivity index (χ0n) is 4.83. The highest BCUT2D eigenvalue weighted by Gasteiger charge is 2.21. The zero-order valence-corrected chi connectivity index (χ0v) is 7.50. The van der Waals surface area contributed by atoms with Crippen molar-refractivity contribution in [3.63, 3.8) is 0 Å². The van der Waals surface area contributed by atoms with Crippen LogP contribution in [0.15, 0.2) is 0 Å². The van der Waals surface area contributed by atoms with E-state index in [0.29, 0.717) is 0 Å². The summed E-state index contributed by atoms with van der Waals surface area (Å²) >= 11 is 11.3. The second-order valence-corrected chi connectivity index (χ2v) is 8.29. The Morgan fingerprint density at radius 2 is 1.29 bits per heavy atom. The first-order valence-electron chi connectivity index (χ1n) is 2.23. The molecule has 0 radical (unpaired) electrons. The summed E-state index contributed by atoms with van der Waals surface area (Å²) in [5.41, 5.74) is 0. The molecule has 7 heavy (non-hydrogen) atoms. The van der Waals surface area contributed by atoms with Crippen LogP contribution in [0.1, 0.15) is 20.8 Å². The fourth-order valence-electron chi connectivity index (χ4n) is 0. The molecule has 0 saturated heterocycles.